The van der Waals surface area contributed by atoms with Crippen LogP contribution in [0.4, 0.5) is 0 Å². The van der Waals surface area contributed by atoms with Gasteiger partial charge in [-0.25, -0.2) is 0 Å². The number of aliphatic imine (C=N–C) groups is 1. The molecule has 1 aromatic carbocycles. The van der Waals surface area contributed by atoms with Crippen LogP contribution in [0.25, 0.3) is 5.76 Å². The molecule has 0 saturated carbocycles. The van der Waals surface area contributed by atoms with E-state index in [-0.39, 0.29) is 24.0 Å². The molecule has 2 aliphatic rings. The Kier molecular flexibility index (Phi) is 10.8. The smallest absolute Gasteiger partial charge is 0.256 e. The summed E-state index contributed by atoms with van der Waals surface area (Å²) in [5.74, 6) is -0.633. The number of nitrogens with zero attached hydrogens (tertiary/aromatic N) is 2. The van der Waals surface area contributed by atoms with Crippen LogP contribution in [-0.2, 0) is 27.4 Å². The molecule has 1 atom stereocenters. The Balaban J connectivity index is 1.49. The van der Waals surface area contributed by atoms with Gasteiger partial charge in [-0.05, 0) is 30.2 Å². The van der Waals surface area contributed by atoms with Crippen molar-refractivity contribution in [2.24, 2.45) is 4.99 Å². The molecule has 200 valence electrons. The summed E-state index contributed by atoms with van der Waals surface area (Å²) in [7, 11) is 0. The molecule has 37 heavy (non-hydrogen) atoms. The van der Waals surface area contributed by atoms with Gasteiger partial charge in [-0.15, -0.1) is 11.3 Å². The second kappa shape index (κ2) is 14.2. The highest BCUT2D eigenvalue weighted by molar-refractivity contribution is 7.16. The number of amides is 1. The molecule has 2 aromatic rings. The number of halogens is 2. The third-order valence-corrected chi connectivity index (χ3v) is 7.74. The third kappa shape index (κ3) is 8.51. The van der Waals surface area contributed by atoms with Crippen molar-refractivity contribution in [2.75, 3.05) is 52.5 Å². The maximum atomic E-state index is 13.2. The Morgan fingerprint density at radius 3 is 2.76 bits per heavy atom. The van der Waals surface area contributed by atoms with Crippen molar-refractivity contribution >= 4 is 52.4 Å². The molecule has 2 fully saturated rings. The van der Waals surface area contributed by atoms with Gasteiger partial charge in [0.2, 0.25) is 0 Å². The molecule has 2 aliphatic heterocycles. The molecular formula is C26H32Cl2N4O4S. The lowest BCUT2D eigenvalue weighted by Crippen LogP contribution is -2.38. The lowest BCUT2D eigenvalue weighted by atomic mass is 10.1. The molecule has 3 heterocycles. The number of carbonyl (C=O) groups is 1. The first-order valence-electron chi connectivity index (χ1n) is 12.4. The topological polar surface area (TPSA) is 95.4 Å². The van der Waals surface area contributed by atoms with E-state index in [1.807, 2.05) is 18.2 Å². The van der Waals surface area contributed by atoms with E-state index in [0.717, 1.165) is 36.6 Å². The number of carbonyl (C=O) groups excluding carboxylic acids is 1. The highest BCUT2D eigenvalue weighted by Gasteiger charge is 2.21. The second-order valence-electron chi connectivity index (χ2n) is 8.88. The molecule has 1 aromatic heterocycles. The minimum Gasteiger partial charge on any atom is -0.506 e. The van der Waals surface area contributed by atoms with E-state index >= 15 is 0 Å². The molecule has 0 spiro atoms. The minimum absolute atomic E-state index is 0.0641. The summed E-state index contributed by atoms with van der Waals surface area (Å²) in [5, 5.41) is 18.0. The summed E-state index contributed by atoms with van der Waals surface area (Å²) < 4.78 is 11.6. The first-order chi connectivity index (χ1) is 18.0. The third-order valence-electron chi connectivity index (χ3n) is 6.15. The Labute approximate surface area is 231 Å². The molecule has 0 bridgehead atoms. The van der Waals surface area contributed by atoms with Crippen molar-refractivity contribution in [3.05, 3.63) is 61.3 Å². The zero-order chi connectivity index (χ0) is 26.0. The maximum Gasteiger partial charge on any atom is 0.256 e. The molecule has 1 amide bonds. The summed E-state index contributed by atoms with van der Waals surface area (Å²) in [4.78, 5) is 20.9. The van der Waals surface area contributed by atoms with Gasteiger partial charge in [-0.2, -0.15) is 0 Å². The van der Waals surface area contributed by atoms with Crippen LogP contribution in [0.2, 0.25) is 9.36 Å². The number of nitrogens with one attached hydrogen (secondary N) is 2. The van der Waals surface area contributed by atoms with Crippen LogP contribution >= 0.6 is 34.5 Å². The Hall–Kier alpha value is -1.98. The number of ether oxygens (including phenoxy) is 2. The second-order valence-corrected chi connectivity index (χ2v) is 11.1. The van der Waals surface area contributed by atoms with E-state index in [4.69, 9.17) is 32.7 Å². The zero-order valence-electron chi connectivity index (χ0n) is 20.6. The van der Waals surface area contributed by atoms with E-state index < -0.39 is 5.91 Å². The first kappa shape index (κ1) is 28.0. The van der Waals surface area contributed by atoms with Crippen LogP contribution in [0.3, 0.4) is 0 Å². The number of rotatable bonds is 10. The molecule has 1 unspecified atom stereocenters. The van der Waals surface area contributed by atoms with Gasteiger partial charge in [0.05, 0.1) is 31.5 Å². The fraction of sp³-hybridized carbons (Fsp3) is 0.462. The van der Waals surface area contributed by atoms with Gasteiger partial charge in [0, 0.05) is 67.5 Å². The fourth-order valence-corrected chi connectivity index (χ4v) is 5.55. The molecule has 4 rings (SSSR count). The largest absolute Gasteiger partial charge is 0.506 e. The predicted molar refractivity (Wildman–Crippen MR) is 149 cm³/mol. The number of thiophene rings is 1. The Morgan fingerprint density at radius 1 is 1.24 bits per heavy atom. The minimum atomic E-state index is -0.441. The molecule has 8 nitrogen and oxygen atoms in total. The standard InChI is InChI=1S/C26H32Cl2N4O4S/c27-19-3-1-18(2-4-19)14-31-26(34)23(16-29-6-5-20-15-30-7-10-36-20)24(33)22-13-21(37-25(22)28)17-32-8-11-35-12-9-32/h1-4,13,16,20,30,33H,5-12,14-15,17H2,(H,31,34). The Bertz CT molecular complexity index is 1090. The first-order valence-corrected chi connectivity index (χ1v) is 13.9. The predicted octanol–water partition coefficient (Wildman–Crippen LogP) is 3.92. The van der Waals surface area contributed by atoms with Crippen LogP contribution in [-0.4, -0.2) is 80.8 Å². The average molecular weight is 568 g/mol. The maximum absolute atomic E-state index is 13.2. The van der Waals surface area contributed by atoms with Crippen molar-refractivity contribution in [2.45, 2.75) is 25.6 Å². The number of benzene rings is 1. The number of hydrogen-bond acceptors (Lipinski definition) is 8. The number of morpholine rings is 2. The van der Waals surface area contributed by atoms with E-state index in [1.54, 1.807) is 12.1 Å². The molecule has 0 aliphatic carbocycles. The lowest BCUT2D eigenvalue weighted by molar-refractivity contribution is -0.117. The number of aliphatic hydroxyl groups excluding tert-OH is 1. The van der Waals surface area contributed by atoms with Crippen molar-refractivity contribution in [1.82, 2.24) is 15.5 Å². The monoisotopic (exact) mass is 566 g/mol. The van der Waals surface area contributed by atoms with Crippen LogP contribution in [0.1, 0.15) is 22.4 Å². The SMILES string of the molecule is O=C(NCc1ccc(Cl)cc1)C(C=NCCC1CNCCO1)=C(O)c1cc(CN2CCOCC2)sc1Cl. The van der Waals surface area contributed by atoms with Crippen LogP contribution in [0, 0.1) is 0 Å². The van der Waals surface area contributed by atoms with Gasteiger partial charge in [0.1, 0.15) is 10.1 Å². The molecule has 0 radical (unpaired) electrons. The summed E-state index contributed by atoms with van der Waals surface area (Å²) in [6.07, 6.45) is 2.23. The van der Waals surface area contributed by atoms with Gasteiger partial charge in [0.15, 0.2) is 0 Å². The van der Waals surface area contributed by atoms with Gasteiger partial charge in [-0.1, -0.05) is 35.3 Å². The average Bonchev–Trinajstić information content (AvgIpc) is 3.28. The van der Waals surface area contributed by atoms with E-state index in [2.05, 4.69) is 20.5 Å². The van der Waals surface area contributed by atoms with Gasteiger partial charge < -0.3 is 25.2 Å². The summed E-state index contributed by atoms with van der Waals surface area (Å²) in [6, 6.07) is 9.06. The highest BCUT2D eigenvalue weighted by atomic mass is 35.5. The quantitative estimate of drug-likeness (QED) is 0.229. The van der Waals surface area contributed by atoms with Gasteiger partial charge >= 0.3 is 0 Å². The zero-order valence-corrected chi connectivity index (χ0v) is 22.9. The fourth-order valence-electron chi connectivity index (χ4n) is 4.07. The molecular weight excluding hydrogens is 535 g/mol. The molecule has 11 heteroatoms. The van der Waals surface area contributed by atoms with Gasteiger partial charge in [0.25, 0.3) is 5.91 Å². The normalized spacial score (nSPS) is 19.7. The lowest BCUT2D eigenvalue weighted by Gasteiger charge is -2.25. The van der Waals surface area contributed by atoms with E-state index in [0.29, 0.717) is 54.3 Å². The Morgan fingerprint density at radius 2 is 2.03 bits per heavy atom. The summed E-state index contributed by atoms with van der Waals surface area (Å²) in [5.41, 5.74) is 1.38. The van der Waals surface area contributed by atoms with Gasteiger partial charge in [-0.3, -0.25) is 14.7 Å². The molecule has 2 saturated heterocycles. The van der Waals surface area contributed by atoms with Crippen molar-refractivity contribution in [3.8, 4) is 0 Å². The van der Waals surface area contributed by atoms with Crippen LogP contribution in [0.15, 0.2) is 40.9 Å². The van der Waals surface area contributed by atoms with Crippen molar-refractivity contribution < 1.29 is 19.4 Å². The molecule has 3 N–H and O–H groups in total. The van der Waals surface area contributed by atoms with E-state index in [9.17, 15) is 9.90 Å². The van der Waals surface area contributed by atoms with Crippen LogP contribution in [0.5, 0.6) is 0 Å². The van der Waals surface area contributed by atoms with Crippen molar-refractivity contribution in [3.63, 3.8) is 0 Å². The highest BCUT2D eigenvalue weighted by Crippen LogP contribution is 2.34. The summed E-state index contributed by atoms with van der Waals surface area (Å²) >= 11 is 13.9. The number of aliphatic hydroxyl groups is 1. The van der Waals surface area contributed by atoms with E-state index in [1.165, 1.54) is 17.6 Å². The number of hydrogen-bond donors (Lipinski definition) is 3. The van der Waals surface area contributed by atoms with Crippen molar-refractivity contribution in [1.29, 1.82) is 0 Å². The summed E-state index contributed by atoms with van der Waals surface area (Å²) in [6.45, 7) is 6.86. The van der Waals surface area contributed by atoms with Crippen LogP contribution < -0.4 is 10.6 Å².